The number of hydrogen-bond donors (Lipinski definition) is 3. The zero-order valence-electron chi connectivity index (χ0n) is 10.8. The van der Waals surface area contributed by atoms with Gasteiger partial charge in [-0.15, -0.1) is 0 Å². The van der Waals surface area contributed by atoms with Crippen molar-refractivity contribution in [2.45, 2.75) is 53.0 Å². The number of nitrogens with two attached hydrogens (primary N) is 1. The topological polar surface area (TPSA) is 92.4 Å². The first-order valence-corrected chi connectivity index (χ1v) is 5.76. The number of carbonyl (C=O) groups is 2. The Labute approximate surface area is 98.4 Å². The lowest BCUT2D eigenvalue weighted by atomic mass is 10.2. The molecule has 98 valence electrons. The Morgan fingerprint density at radius 1 is 1.38 bits per heavy atom. The largest absolute Gasteiger partial charge is 0.480 e. The Morgan fingerprint density at radius 3 is 2.00 bits per heavy atom. The van der Waals surface area contributed by atoms with Gasteiger partial charge in [0.05, 0.1) is 0 Å². The second kappa shape index (κ2) is 19.5. The molecular formula is C11H26N2O3. The summed E-state index contributed by atoms with van der Waals surface area (Å²) in [7, 11) is 0. The smallest absolute Gasteiger partial charge is 0.326 e. The summed E-state index contributed by atoms with van der Waals surface area (Å²) in [6.45, 7) is 8.61. The fourth-order valence-corrected chi connectivity index (χ4v) is 0.527. The van der Waals surface area contributed by atoms with Crippen molar-refractivity contribution >= 4 is 12.4 Å². The maximum absolute atomic E-state index is 10.2. The van der Waals surface area contributed by atoms with Crippen LogP contribution in [-0.2, 0) is 9.59 Å². The Kier molecular flexibility index (Phi) is 24.7. The van der Waals surface area contributed by atoms with Gasteiger partial charge < -0.3 is 16.2 Å². The molecule has 0 aliphatic carbocycles. The van der Waals surface area contributed by atoms with Crippen LogP contribution in [0, 0.1) is 0 Å². The SMILES string of the molecule is CC.CCCC.NCCC(NC=O)C(=O)O. The number of unbranched alkanes of at least 4 members (excludes halogenated alkanes) is 1. The number of hydrogen-bond acceptors (Lipinski definition) is 3. The third-order valence-corrected chi connectivity index (χ3v) is 1.52. The van der Waals surface area contributed by atoms with Gasteiger partial charge in [0, 0.05) is 0 Å². The summed E-state index contributed by atoms with van der Waals surface area (Å²) in [5, 5.41) is 10.5. The first-order chi connectivity index (χ1) is 7.63. The van der Waals surface area contributed by atoms with Crippen molar-refractivity contribution in [2.24, 2.45) is 5.73 Å². The zero-order chi connectivity index (χ0) is 13.4. The number of aliphatic carboxylic acids is 1. The summed E-state index contributed by atoms with van der Waals surface area (Å²) in [6, 6.07) is -0.845. The van der Waals surface area contributed by atoms with Gasteiger partial charge in [-0.25, -0.2) is 4.79 Å². The molecule has 0 aromatic heterocycles. The number of carboxylic acid groups (broad SMARTS) is 1. The highest BCUT2D eigenvalue weighted by Gasteiger charge is 2.13. The van der Waals surface area contributed by atoms with Crippen molar-refractivity contribution in [3.63, 3.8) is 0 Å². The van der Waals surface area contributed by atoms with Crippen LogP contribution in [0.5, 0.6) is 0 Å². The lowest BCUT2D eigenvalue weighted by molar-refractivity contribution is -0.140. The summed E-state index contributed by atoms with van der Waals surface area (Å²) in [4.78, 5) is 20.0. The molecule has 0 aromatic carbocycles. The number of amides is 1. The van der Waals surface area contributed by atoms with E-state index in [0.29, 0.717) is 6.41 Å². The lowest BCUT2D eigenvalue weighted by Gasteiger charge is -2.07. The van der Waals surface area contributed by atoms with Crippen LogP contribution in [0.3, 0.4) is 0 Å². The van der Waals surface area contributed by atoms with Crippen molar-refractivity contribution in [3.05, 3.63) is 0 Å². The Morgan fingerprint density at radius 2 is 1.81 bits per heavy atom. The number of carbonyl (C=O) groups excluding carboxylic acids is 1. The quantitative estimate of drug-likeness (QED) is 0.605. The minimum atomic E-state index is -1.06. The summed E-state index contributed by atoms with van der Waals surface area (Å²) in [5.41, 5.74) is 5.08. The highest BCUT2D eigenvalue weighted by Crippen LogP contribution is 1.87. The van der Waals surface area contributed by atoms with Crippen LogP contribution in [0.15, 0.2) is 0 Å². The average Bonchev–Trinajstić information content (AvgIpc) is 2.31. The van der Waals surface area contributed by atoms with Gasteiger partial charge in [-0.1, -0.05) is 40.5 Å². The molecule has 0 saturated heterocycles. The van der Waals surface area contributed by atoms with Crippen LogP contribution < -0.4 is 11.1 Å². The second-order valence-electron chi connectivity index (χ2n) is 2.75. The molecule has 0 saturated carbocycles. The van der Waals surface area contributed by atoms with Crippen LogP contribution >= 0.6 is 0 Å². The number of rotatable bonds is 6. The van der Waals surface area contributed by atoms with Crippen LogP contribution in [-0.4, -0.2) is 30.1 Å². The fraction of sp³-hybridized carbons (Fsp3) is 0.818. The Bertz CT molecular complexity index is 150. The number of nitrogens with one attached hydrogen (secondary N) is 1. The average molecular weight is 234 g/mol. The van der Waals surface area contributed by atoms with E-state index in [2.05, 4.69) is 19.2 Å². The van der Waals surface area contributed by atoms with Gasteiger partial charge in [0.1, 0.15) is 6.04 Å². The minimum Gasteiger partial charge on any atom is -0.480 e. The van der Waals surface area contributed by atoms with Crippen molar-refractivity contribution in [1.82, 2.24) is 5.32 Å². The summed E-state index contributed by atoms with van der Waals surface area (Å²) >= 11 is 0. The van der Waals surface area contributed by atoms with E-state index in [4.69, 9.17) is 10.8 Å². The van der Waals surface area contributed by atoms with E-state index in [1.165, 1.54) is 12.8 Å². The maximum Gasteiger partial charge on any atom is 0.326 e. The molecule has 1 atom stereocenters. The molecule has 5 nitrogen and oxygen atoms in total. The van der Waals surface area contributed by atoms with E-state index in [1.807, 2.05) is 13.8 Å². The first-order valence-electron chi connectivity index (χ1n) is 5.76. The molecular weight excluding hydrogens is 208 g/mol. The predicted molar refractivity (Wildman–Crippen MR) is 66.2 cm³/mol. The van der Waals surface area contributed by atoms with Crippen molar-refractivity contribution in [2.75, 3.05) is 6.54 Å². The van der Waals surface area contributed by atoms with Crippen LogP contribution in [0.2, 0.25) is 0 Å². The molecule has 16 heavy (non-hydrogen) atoms. The molecule has 0 aromatic rings. The van der Waals surface area contributed by atoms with Gasteiger partial charge in [-0.2, -0.15) is 0 Å². The van der Waals surface area contributed by atoms with Crippen molar-refractivity contribution in [3.8, 4) is 0 Å². The molecule has 0 aliphatic rings. The van der Waals surface area contributed by atoms with Crippen LogP contribution in [0.1, 0.15) is 47.0 Å². The van der Waals surface area contributed by atoms with Crippen molar-refractivity contribution in [1.29, 1.82) is 0 Å². The molecule has 1 unspecified atom stereocenters. The molecule has 0 bridgehead atoms. The second-order valence-corrected chi connectivity index (χ2v) is 2.75. The standard InChI is InChI=1S/C5H10N2O3.C4H10.C2H6/c6-2-1-4(5(9)10)7-3-8;1-3-4-2;1-2/h3-4H,1-2,6H2,(H,7,8)(H,9,10);3-4H2,1-2H3;1-2H3. The molecule has 4 N–H and O–H groups in total. The molecule has 0 aliphatic heterocycles. The molecule has 5 heteroatoms. The van der Waals surface area contributed by atoms with Crippen LogP contribution in [0.4, 0.5) is 0 Å². The normalized spacial score (nSPS) is 9.81. The molecule has 0 heterocycles. The summed E-state index contributed by atoms with van der Waals surface area (Å²) in [6.07, 6.45) is 3.25. The molecule has 0 rings (SSSR count). The van der Waals surface area contributed by atoms with Gasteiger partial charge >= 0.3 is 5.97 Å². The fourth-order valence-electron chi connectivity index (χ4n) is 0.527. The molecule has 0 spiro atoms. The summed E-state index contributed by atoms with van der Waals surface area (Å²) < 4.78 is 0. The molecule has 1 amide bonds. The van der Waals surface area contributed by atoms with Gasteiger partial charge in [0.15, 0.2) is 0 Å². The molecule has 0 radical (unpaired) electrons. The highest BCUT2D eigenvalue weighted by molar-refractivity contribution is 5.76. The summed E-state index contributed by atoms with van der Waals surface area (Å²) in [5.74, 6) is -1.06. The number of carboxylic acids is 1. The van der Waals surface area contributed by atoms with Crippen LogP contribution in [0.25, 0.3) is 0 Å². The van der Waals surface area contributed by atoms with Gasteiger partial charge in [0.2, 0.25) is 6.41 Å². The van der Waals surface area contributed by atoms with Gasteiger partial charge in [-0.3, -0.25) is 4.79 Å². The maximum atomic E-state index is 10.2. The van der Waals surface area contributed by atoms with Gasteiger partial charge in [0.25, 0.3) is 0 Å². The van der Waals surface area contributed by atoms with E-state index in [1.54, 1.807) is 0 Å². The van der Waals surface area contributed by atoms with E-state index in [9.17, 15) is 9.59 Å². The van der Waals surface area contributed by atoms with Crippen molar-refractivity contribution < 1.29 is 14.7 Å². The lowest BCUT2D eigenvalue weighted by Crippen LogP contribution is -2.37. The third kappa shape index (κ3) is 18.6. The van der Waals surface area contributed by atoms with E-state index >= 15 is 0 Å². The monoisotopic (exact) mass is 234 g/mol. The van der Waals surface area contributed by atoms with E-state index < -0.39 is 12.0 Å². The van der Waals surface area contributed by atoms with E-state index in [-0.39, 0.29) is 13.0 Å². The highest BCUT2D eigenvalue weighted by atomic mass is 16.4. The Balaban J connectivity index is -0.000000237. The third-order valence-electron chi connectivity index (χ3n) is 1.52. The first kappa shape index (κ1) is 20.3. The van der Waals surface area contributed by atoms with Gasteiger partial charge in [-0.05, 0) is 13.0 Å². The minimum absolute atomic E-state index is 0.248. The molecule has 0 fully saturated rings. The predicted octanol–water partition coefficient (Wildman–Crippen LogP) is 1.37. The van der Waals surface area contributed by atoms with E-state index in [0.717, 1.165) is 0 Å². The Hall–Kier alpha value is -1.10. The zero-order valence-corrected chi connectivity index (χ0v) is 10.8.